The molecule has 29 heavy (non-hydrogen) atoms. The Labute approximate surface area is 166 Å². The maximum atomic E-state index is 12.1. The molecule has 1 aliphatic heterocycles. The molecule has 4 atom stereocenters. The second-order valence-corrected chi connectivity index (χ2v) is 8.36. The molecular formula is C21H23N3O5. The number of hydrogen-bond acceptors (Lipinski definition) is 5. The van der Waals surface area contributed by atoms with Crippen LogP contribution in [0, 0.1) is 5.92 Å². The zero-order chi connectivity index (χ0) is 20.3. The number of fused-ring (bicyclic) bond motifs is 1. The van der Waals surface area contributed by atoms with Crippen LogP contribution in [0.25, 0.3) is 10.9 Å². The van der Waals surface area contributed by atoms with Gasteiger partial charge in [-0.05, 0) is 61.8 Å². The standard InChI is InChI=1S/C21H23N3O5/c1-11-10-21(11,19-22-20(27)29-23-19)24-16-4-3-13(14-5-6-28-12(2)7-14)8-15(16)9-17(24)18(25)26/h3-4,8-9,11-12,14H,5-7,10H2,1-2H3,(H,25,26)(H,22,23,27)/t11-,12-,14-,21-/m0/s1. The molecule has 152 valence electrons. The number of carboxylic acid groups (broad SMARTS) is 1. The van der Waals surface area contributed by atoms with Crippen molar-refractivity contribution in [2.24, 2.45) is 5.92 Å². The minimum Gasteiger partial charge on any atom is -0.477 e. The predicted molar refractivity (Wildman–Crippen MR) is 104 cm³/mol. The molecule has 0 unspecified atom stereocenters. The van der Waals surface area contributed by atoms with Crippen LogP contribution in [0.1, 0.15) is 60.9 Å². The highest BCUT2D eigenvalue weighted by atomic mass is 16.5. The number of aromatic nitrogens is 3. The van der Waals surface area contributed by atoms with Gasteiger partial charge in [0.2, 0.25) is 0 Å². The van der Waals surface area contributed by atoms with Gasteiger partial charge in [0.15, 0.2) is 5.82 Å². The fraction of sp³-hybridized carbons (Fsp3) is 0.476. The van der Waals surface area contributed by atoms with E-state index in [-0.39, 0.29) is 17.7 Å². The molecule has 1 aromatic carbocycles. The first-order valence-electron chi connectivity index (χ1n) is 9.97. The lowest BCUT2D eigenvalue weighted by molar-refractivity contribution is 0.0186. The van der Waals surface area contributed by atoms with Crippen molar-refractivity contribution in [1.29, 1.82) is 0 Å². The molecule has 2 aliphatic rings. The minimum absolute atomic E-state index is 0.118. The van der Waals surface area contributed by atoms with Gasteiger partial charge in [-0.15, -0.1) is 0 Å². The first kappa shape index (κ1) is 18.2. The molecule has 3 aromatic rings. The molecule has 0 radical (unpaired) electrons. The Bertz CT molecular complexity index is 1160. The van der Waals surface area contributed by atoms with Gasteiger partial charge in [-0.1, -0.05) is 18.1 Å². The first-order chi connectivity index (χ1) is 13.9. The Morgan fingerprint density at radius 1 is 1.34 bits per heavy atom. The van der Waals surface area contributed by atoms with Gasteiger partial charge < -0.3 is 14.4 Å². The topological polar surface area (TPSA) is 110 Å². The first-order valence-corrected chi connectivity index (χ1v) is 9.97. The Kier molecular flexibility index (Phi) is 3.96. The van der Waals surface area contributed by atoms with Crippen molar-refractivity contribution in [1.82, 2.24) is 14.7 Å². The Balaban J connectivity index is 1.66. The number of carboxylic acids is 1. The number of aromatic amines is 1. The van der Waals surface area contributed by atoms with Crippen LogP contribution in [0.3, 0.4) is 0 Å². The van der Waals surface area contributed by atoms with Crippen LogP contribution in [0.4, 0.5) is 0 Å². The van der Waals surface area contributed by atoms with Crippen molar-refractivity contribution in [2.45, 2.75) is 50.7 Å². The van der Waals surface area contributed by atoms with Crippen molar-refractivity contribution in [3.05, 3.63) is 51.9 Å². The van der Waals surface area contributed by atoms with Gasteiger partial charge in [0.1, 0.15) is 11.2 Å². The smallest absolute Gasteiger partial charge is 0.438 e. The Hall–Kier alpha value is -2.87. The highest BCUT2D eigenvalue weighted by molar-refractivity contribution is 5.95. The van der Waals surface area contributed by atoms with Gasteiger partial charge in [0.05, 0.1) is 6.10 Å². The molecule has 0 amide bonds. The quantitative estimate of drug-likeness (QED) is 0.700. The van der Waals surface area contributed by atoms with Crippen LogP contribution in [0.2, 0.25) is 0 Å². The van der Waals surface area contributed by atoms with E-state index in [1.807, 2.05) is 13.0 Å². The van der Waals surface area contributed by atoms with Crippen molar-refractivity contribution in [3.8, 4) is 0 Å². The number of H-pyrrole nitrogens is 1. The van der Waals surface area contributed by atoms with Crippen molar-refractivity contribution >= 4 is 16.9 Å². The van der Waals surface area contributed by atoms with E-state index in [0.29, 0.717) is 18.2 Å². The molecule has 0 spiro atoms. The molecule has 1 saturated heterocycles. The van der Waals surface area contributed by atoms with Crippen molar-refractivity contribution in [3.63, 3.8) is 0 Å². The lowest BCUT2D eigenvalue weighted by Gasteiger charge is -2.27. The summed E-state index contributed by atoms with van der Waals surface area (Å²) in [6.07, 6.45) is 2.82. The molecule has 8 heteroatoms. The van der Waals surface area contributed by atoms with E-state index < -0.39 is 17.3 Å². The van der Waals surface area contributed by atoms with Crippen LogP contribution >= 0.6 is 0 Å². The summed E-state index contributed by atoms with van der Waals surface area (Å²) in [6, 6.07) is 7.88. The molecular weight excluding hydrogens is 374 g/mol. The molecule has 0 bridgehead atoms. The maximum Gasteiger partial charge on any atom is 0.438 e. The summed E-state index contributed by atoms with van der Waals surface area (Å²) in [5.74, 6) is -0.750. The number of nitrogens with one attached hydrogen (secondary N) is 1. The van der Waals surface area contributed by atoms with Gasteiger partial charge in [-0.25, -0.2) is 9.59 Å². The summed E-state index contributed by atoms with van der Waals surface area (Å²) < 4.78 is 12.2. The third-order valence-electron chi connectivity index (χ3n) is 6.52. The number of carbonyl (C=O) groups is 1. The molecule has 2 aromatic heterocycles. The second-order valence-electron chi connectivity index (χ2n) is 8.36. The summed E-state index contributed by atoms with van der Waals surface area (Å²) in [4.78, 5) is 26.3. The Morgan fingerprint density at radius 3 is 2.76 bits per heavy atom. The summed E-state index contributed by atoms with van der Waals surface area (Å²) in [5.41, 5.74) is 1.50. The fourth-order valence-electron chi connectivity index (χ4n) is 4.95. The molecule has 2 N–H and O–H groups in total. The van der Waals surface area contributed by atoms with Gasteiger partial charge in [-0.3, -0.25) is 9.51 Å². The predicted octanol–water partition coefficient (Wildman–Crippen LogP) is 3.08. The van der Waals surface area contributed by atoms with Crippen LogP contribution in [0.15, 0.2) is 33.6 Å². The highest BCUT2D eigenvalue weighted by Gasteiger charge is 2.59. The lowest BCUT2D eigenvalue weighted by Crippen LogP contribution is -2.26. The van der Waals surface area contributed by atoms with E-state index in [9.17, 15) is 14.7 Å². The van der Waals surface area contributed by atoms with E-state index in [1.165, 1.54) is 5.56 Å². The highest BCUT2D eigenvalue weighted by Crippen LogP contribution is 2.55. The van der Waals surface area contributed by atoms with E-state index in [4.69, 9.17) is 9.26 Å². The van der Waals surface area contributed by atoms with E-state index in [2.05, 4.69) is 29.2 Å². The zero-order valence-electron chi connectivity index (χ0n) is 16.3. The average Bonchev–Trinajstić information content (AvgIpc) is 3.04. The van der Waals surface area contributed by atoms with Crippen LogP contribution in [-0.2, 0) is 10.3 Å². The summed E-state index contributed by atoms with van der Waals surface area (Å²) in [7, 11) is 0. The monoisotopic (exact) mass is 397 g/mol. The molecule has 3 heterocycles. The van der Waals surface area contributed by atoms with Crippen LogP contribution in [0.5, 0.6) is 0 Å². The largest absolute Gasteiger partial charge is 0.477 e. The Morgan fingerprint density at radius 2 is 2.14 bits per heavy atom. The number of nitrogens with zero attached hydrogens (tertiary/aromatic N) is 2. The van der Waals surface area contributed by atoms with Crippen molar-refractivity contribution in [2.75, 3.05) is 6.61 Å². The number of rotatable bonds is 4. The number of aromatic carboxylic acids is 1. The number of hydrogen-bond donors (Lipinski definition) is 2. The van der Waals surface area contributed by atoms with E-state index in [1.54, 1.807) is 10.6 Å². The molecule has 1 saturated carbocycles. The normalized spacial score (nSPS) is 29.2. The second kappa shape index (κ2) is 6.32. The van der Waals surface area contributed by atoms with Crippen molar-refractivity contribution < 1.29 is 19.2 Å². The summed E-state index contributed by atoms with van der Waals surface area (Å²) in [6.45, 7) is 4.84. The average molecular weight is 397 g/mol. The third kappa shape index (κ3) is 2.73. The van der Waals surface area contributed by atoms with Gasteiger partial charge in [0.25, 0.3) is 0 Å². The van der Waals surface area contributed by atoms with Gasteiger partial charge in [0, 0.05) is 17.5 Å². The third-order valence-corrected chi connectivity index (χ3v) is 6.52. The fourth-order valence-corrected chi connectivity index (χ4v) is 4.95. The number of ether oxygens (including phenoxy) is 1. The van der Waals surface area contributed by atoms with E-state index in [0.717, 1.165) is 30.4 Å². The summed E-state index contributed by atoms with van der Waals surface area (Å²) in [5, 5.41) is 14.7. The maximum absolute atomic E-state index is 12.1. The molecule has 8 nitrogen and oxygen atoms in total. The molecule has 2 fully saturated rings. The zero-order valence-corrected chi connectivity index (χ0v) is 16.3. The minimum atomic E-state index is -1.01. The van der Waals surface area contributed by atoms with Crippen LogP contribution < -0.4 is 5.76 Å². The van der Waals surface area contributed by atoms with Gasteiger partial charge in [-0.2, -0.15) is 0 Å². The van der Waals surface area contributed by atoms with Crippen LogP contribution in [-0.4, -0.2) is 38.5 Å². The molecule has 5 rings (SSSR count). The SMILES string of the molecule is C[C@H]1C[C@@H](c2ccc3c(c2)cc(C(=O)O)n3[C@@]2(c3noc(=O)[nH]3)C[C@@H]2C)CCO1. The van der Waals surface area contributed by atoms with E-state index >= 15 is 0 Å². The lowest BCUT2D eigenvalue weighted by atomic mass is 9.88. The summed E-state index contributed by atoms with van der Waals surface area (Å²) >= 11 is 0. The molecule has 1 aliphatic carbocycles. The van der Waals surface area contributed by atoms with Gasteiger partial charge >= 0.3 is 11.7 Å². The number of benzene rings is 1.